The summed E-state index contributed by atoms with van der Waals surface area (Å²) in [6, 6.07) is 8.58. The number of hydrogen-bond donors (Lipinski definition) is 0. The summed E-state index contributed by atoms with van der Waals surface area (Å²) in [5.41, 5.74) is -1.14. The van der Waals surface area contributed by atoms with E-state index in [9.17, 15) is 21.6 Å². The van der Waals surface area contributed by atoms with E-state index in [1.54, 1.807) is 0 Å². The minimum absolute atomic E-state index is 0.112. The molecule has 0 aliphatic rings. The van der Waals surface area contributed by atoms with Crippen LogP contribution in [-0.2, 0) is 16.0 Å². The molecule has 2 rings (SSSR count). The van der Waals surface area contributed by atoms with Crippen molar-refractivity contribution in [2.24, 2.45) is 0 Å². The first-order valence-corrected chi connectivity index (χ1v) is 7.65. The van der Waals surface area contributed by atoms with Gasteiger partial charge in [0, 0.05) is 11.1 Å². The minimum Gasteiger partial charge on any atom is -0.218 e. The van der Waals surface area contributed by atoms with Gasteiger partial charge in [-0.25, -0.2) is 8.42 Å². The average molecular weight is 354 g/mol. The van der Waals surface area contributed by atoms with Gasteiger partial charge >= 0.3 is 6.18 Å². The lowest BCUT2D eigenvalue weighted by Crippen LogP contribution is -2.08. The van der Waals surface area contributed by atoms with Gasteiger partial charge in [-0.2, -0.15) is 13.2 Å². The van der Waals surface area contributed by atoms with E-state index < -0.39 is 31.5 Å². The Labute approximate surface area is 129 Å². The highest BCUT2D eigenvalue weighted by atomic mass is 35.5. The third-order valence-electron chi connectivity index (χ3n) is 2.59. The summed E-state index contributed by atoms with van der Waals surface area (Å²) in [5, 5.41) is -0.364. The first-order chi connectivity index (χ1) is 9.62. The number of alkyl halides is 3. The predicted octanol–water partition coefficient (Wildman–Crippen LogP) is 4.65. The van der Waals surface area contributed by atoms with Crippen molar-refractivity contribution in [3.05, 3.63) is 58.1 Å². The Morgan fingerprint density at radius 2 is 1.62 bits per heavy atom. The lowest BCUT2D eigenvalue weighted by Gasteiger charge is -2.10. The van der Waals surface area contributed by atoms with Crippen molar-refractivity contribution in [1.82, 2.24) is 0 Å². The van der Waals surface area contributed by atoms with Crippen molar-refractivity contribution < 1.29 is 21.6 Å². The number of halogens is 5. The summed E-state index contributed by atoms with van der Waals surface area (Å²) in [5.74, 6) is 0. The molecule has 8 heteroatoms. The minimum atomic E-state index is -4.67. The van der Waals surface area contributed by atoms with Crippen molar-refractivity contribution >= 4 is 33.0 Å². The van der Waals surface area contributed by atoms with Crippen LogP contribution >= 0.6 is 23.2 Å². The van der Waals surface area contributed by atoms with Crippen LogP contribution in [0.2, 0.25) is 10.0 Å². The average Bonchev–Trinajstić information content (AvgIpc) is 2.37. The van der Waals surface area contributed by atoms with E-state index in [0.717, 1.165) is 6.07 Å². The maximum Gasteiger partial charge on any atom is 0.417 e. The van der Waals surface area contributed by atoms with Crippen molar-refractivity contribution in [3.8, 4) is 0 Å². The maximum atomic E-state index is 12.6. The molecule has 2 aromatic carbocycles. The fourth-order valence-corrected chi connectivity index (χ4v) is 3.26. The van der Waals surface area contributed by atoms with Crippen LogP contribution in [0.25, 0.3) is 0 Å². The lowest BCUT2D eigenvalue weighted by molar-refractivity contribution is -0.137. The van der Waals surface area contributed by atoms with Crippen LogP contribution in [0.3, 0.4) is 0 Å². The Morgan fingerprint density at radius 1 is 1.05 bits per heavy atom. The lowest BCUT2D eigenvalue weighted by atomic mass is 10.2. The molecule has 0 spiro atoms. The van der Waals surface area contributed by atoms with Gasteiger partial charge in [-0.15, -0.1) is 0 Å². The third kappa shape index (κ3) is 3.33. The summed E-state index contributed by atoms with van der Waals surface area (Å²) in [6.07, 6.45) is -4.67. The van der Waals surface area contributed by atoms with E-state index in [2.05, 4.69) is 6.07 Å². The van der Waals surface area contributed by atoms with Crippen LogP contribution in [0.4, 0.5) is 13.2 Å². The second kappa shape index (κ2) is 5.51. The fraction of sp³-hybridized carbons (Fsp3) is 0.0769. The maximum absolute atomic E-state index is 12.6. The Bertz CT molecular complexity index is 769. The van der Waals surface area contributed by atoms with E-state index in [1.807, 2.05) is 0 Å². The molecule has 0 fully saturated rings. The van der Waals surface area contributed by atoms with Gasteiger partial charge in [-0.1, -0.05) is 23.2 Å². The smallest absolute Gasteiger partial charge is 0.218 e. The number of hydrogen-bond acceptors (Lipinski definition) is 2. The molecule has 0 amide bonds. The molecule has 0 bridgehead atoms. The van der Waals surface area contributed by atoms with Gasteiger partial charge in [-0.3, -0.25) is 0 Å². The third-order valence-corrected chi connectivity index (χ3v) is 4.86. The number of sulfone groups is 1. The van der Waals surface area contributed by atoms with E-state index >= 15 is 0 Å². The zero-order chi connectivity index (χ0) is 15.8. The van der Waals surface area contributed by atoms with Crippen LogP contribution in [-0.4, -0.2) is 8.42 Å². The van der Waals surface area contributed by atoms with Gasteiger partial charge in [-0.05, 0) is 36.4 Å². The molecule has 21 heavy (non-hydrogen) atoms. The Hall–Kier alpha value is -1.24. The molecule has 111 valence electrons. The molecule has 2 aromatic rings. The van der Waals surface area contributed by atoms with Gasteiger partial charge in [0.25, 0.3) is 0 Å². The first kappa shape index (κ1) is 16.1. The van der Waals surface area contributed by atoms with Crippen molar-refractivity contribution in [1.29, 1.82) is 0 Å². The van der Waals surface area contributed by atoms with Gasteiger partial charge in [0.1, 0.15) is 0 Å². The monoisotopic (exact) mass is 353 g/mol. The molecule has 0 unspecified atom stereocenters. The molecule has 0 heterocycles. The molecule has 0 aliphatic heterocycles. The Morgan fingerprint density at radius 3 is 2.10 bits per heavy atom. The Balaban J connectivity index is 2.51. The fourth-order valence-electron chi connectivity index (χ4n) is 1.56. The highest BCUT2D eigenvalue weighted by Gasteiger charge is 2.34. The SMILES string of the molecule is O=S(=O)(c1[c]cc(C(F)(F)F)c(Cl)c1)c1ccc(Cl)cc1. The standard InChI is InChI=1S/C13H6Cl2F3O2S/c14-8-1-3-9(4-2-8)21(19,20)10-5-6-11(12(15)7-10)13(16,17)18/h1-4,6-7H. The van der Waals surface area contributed by atoms with E-state index in [-0.39, 0.29) is 4.90 Å². The van der Waals surface area contributed by atoms with Crippen molar-refractivity contribution in [2.45, 2.75) is 16.0 Å². The van der Waals surface area contributed by atoms with E-state index in [4.69, 9.17) is 23.2 Å². The normalized spacial score (nSPS) is 12.4. The van der Waals surface area contributed by atoms with Crippen LogP contribution in [0, 0.1) is 6.07 Å². The van der Waals surface area contributed by atoms with Gasteiger partial charge in [0.05, 0.1) is 20.4 Å². The predicted molar refractivity (Wildman–Crippen MR) is 72.2 cm³/mol. The van der Waals surface area contributed by atoms with Crippen LogP contribution < -0.4 is 0 Å². The summed E-state index contributed by atoms with van der Waals surface area (Å²) >= 11 is 11.2. The van der Waals surface area contributed by atoms with E-state index in [0.29, 0.717) is 11.1 Å². The summed E-state index contributed by atoms with van der Waals surface area (Å²) in [4.78, 5) is -0.554. The second-order valence-corrected chi connectivity index (χ2v) is 6.78. The molecule has 1 radical (unpaired) electrons. The quantitative estimate of drug-likeness (QED) is 0.787. The van der Waals surface area contributed by atoms with Gasteiger partial charge in [0.15, 0.2) is 0 Å². The van der Waals surface area contributed by atoms with Crippen LogP contribution in [0.1, 0.15) is 5.56 Å². The molecule has 0 atom stereocenters. The molecule has 0 aromatic heterocycles. The summed E-state index contributed by atoms with van der Waals surface area (Å²) in [6.45, 7) is 0. The molecule has 2 nitrogen and oxygen atoms in total. The highest BCUT2D eigenvalue weighted by molar-refractivity contribution is 7.91. The molecular formula is C13H6Cl2F3O2S. The topological polar surface area (TPSA) is 34.1 Å². The van der Waals surface area contributed by atoms with Gasteiger partial charge < -0.3 is 0 Å². The Kier molecular flexibility index (Phi) is 4.24. The second-order valence-electron chi connectivity index (χ2n) is 4.01. The number of rotatable bonds is 2. The zero-order valence-corrected chi connectivity index (χ0v) is 12.4. The van der Waals surface area contributed by atoms with Crippen molar-refractivity contribution in [3.63, 3.8) is 0 Å². The van der Waals surface area contributed by atoms with Crippen LogP contribution in [0.15, 0.2) is 46.2 Å². The van der Waals surface area contributed by atoms with E-state index in [1.165, 1.54) is 24.3 Å². The zero-order valence-electron chi connectivity index (χ0n) is 10.1. The molecule has 0 N–H and O–H groups in total. The highest BCUT2D eigenvalue weighted by Crippen LogP contribution is 2.36. The molecule has 0 aliphatic carbocycles. The summed E-state index contributed by atoms with van der Waals surface area (Å²) in [7, 11) is -4.01. The molecule has 0 saturated carbocycles. The van der Waals surface area contributed by atoms with Gasteiger partial charge in [0.2, 0.25) is 9.84 Å². The van der Waals surface area contributed by atoms with Crippen molar-refractivity contribution in [2.75, 3.05) is 0 Å². The first-order valence-electron chi connectivity index (χ1n) is 5.41. The number of benzene rings is 2. The van der Waals surface area contributed by atoms with Crippen LogP contribution in [0.5, 0.6) is 0 Å². The molecule has 0 saturated heterocycles. The largest absolute Gasteiger partial charge is 0.417 e. The summed E-state index contributed by atoms with van der Waals surface area (Å²) < 4.78 is 62.2. The molecular weight excluding hydrogens is 348 g/mol.